The van der Waals surface area contributed by atoms with E-state index in [0.717, 1.165) is 6.41 Å². The number of aromatic nitrogens is 5. The van der Waals surface area contributed by atoms with E-state index < -0.39 is 0 Å². The van der Waals surface area contributed by atoms with Crippen LogP contribution in [-0.4, -0.2) is 48.5 Å². The summed E-state index contributed by atoms with van der Waals surface area (Å²) in [6.07, 6.45) is 6.91. The van der Waals surface area contributed by atoms with Gasteiger partial charge in [0, 0.05) is 47.9 Å². The quantitative estimate of drug-likeness (QED) is 0.472. The third-order valence-corrected chi connectivity index (χ3v) is 6.05. The minimum absolute atomic E-state index is 0.0945. The minimum Gasteiger partial charge on any atom is -0.384 e. The fraction of sp³-hybridized carbons (Fsp3) is 0.208. The van der Waals surface area contributed by atoms with Gasteiger partial charge in [0.15, 0.2) is 5.65 Å². The summed E-state index contributed by atoms with van der Waals surface area (Å²) in [6.45, 7) is 1.15. The van der Waals surface area contributed by atoms with Gasteiger partial charge in [0.25, 0.3) is 5.56 Å². The maximum atomic E-state index is 13.8. The number of nitrogens with zero attached hydrogens (tertiary/aromatic N) is 6. The number of piperidine rings is 1. The molecule has 172 valence electrons. The molecular formula is C24H22FN7O2. The zero-order valence-electron chi connectivity index (χ0n) is 18.2. The lowest BCUT2D eigenvalue weighted by atomic mass is 10.1. The van der Waals surface area contributed by atoms with Crippen LogP contribution in [0, 0.1) is 5.82 Å². The van der Waals surface area contributed by atoms with Crippen molar-refractivity contribution in [1.82, 2.24) is 29.0 Å². The Kier molecular flexibility index (Phi) is 5.62. The first kappa shape index (κ1) is 21.5. The Bertz CT molecular complexity index is 1500. The van der Waals surface area contributed by atoms with Gasteiger partial charge in [-0.3, -0.25) is 19.1 Å². The fourth-order valence-corrected chi connectivity index (χ4v) is 4.21. The van der Waals surface area contributed by atoms with Gasteiger partial charge in [-0.05, 0) is 43.2 Å². The third-order valence-electron chi connectivity index (χ3n) is 6.05. The second kappa shape index (κ2) is 8.89. The van der Waals surface area contributed by atoms with Crippen molar-refractivity contribution in [3.63, 3.8) is 0 Å². The van der Waals surface area contributed by atoms with Gasteiger partial charge >= 0.3 is 0 Å². The zero-order chi connectivity index (χ0) is 23.7. The average Bonchev–Trinajstić information content (AvgIpc) is 3.28. The second-order valence-electron chi connectivity index (χ2n) is 8.17. The van der Waals surface area contributed by atoms with Crippen LogP contribution < -0.4 is 11.3 Å². The minimum atomic E-state index is -0.351. The maximum Gasteiger partial charge on any atom is 0.251 e. The SMILES string of the molecule is Nc1cccc(=O)n(C2CCN(C=O)CC2)cnc2c(-c3cnc4ccc(F)cc4c3)cnn12. The molecule has 10 heteroatoms. The molecule has 34 heavy (non-hydrogen) atoms. The van der Waals surface area contributed by atoms with Gasteiger partial charge < -0.3 is 10.6 Å². The van der Waals surface area contributed by atoms with Crippen molar-refractivity contribution in [2.24, 2.45) is 0 Å². The van der Waals surface area contributed by atoms with Crippen LogP contribution in [0.5, 0.6) is 0 Å². The topological polar surface area (TPSA) is 111 Å². The molecule has 3 aromatic heterocycles. The molecule has 4 heterocycles. The number of nitrogens with two attached hydrogens (primary N) is 1. The largest absolute Gasteiger partial charge is 0.384 e. The predicted octanol–water partition coefficient (Wildman–Crippen LogP) is 2.75. The van der Waals surface area contributed by atoms with Crippen LogP contribution in [0.3, 0.4) is 0 Å². The Morgan fingerprint density at radius 1 is 1.06 bits per heavy atom. The number of pyridine rings is 1. The van der Waals surface area contributed by atoms with E-state index in [-0.39, 0.29) is 23.2 Å². The Labute approximate surface area is 193 Å². The molecule has 0 unspecified atom stereocenters. The van der Waals surface area contributed by atoms with E-state index in [0.29, 0.717) is 53.6 Å². The maximum absolute atomic E-state index is 13.8. The smallest absolute Gasteiger partial charge is 0.251 e. The number of carbonyl (C=O) groups is 1. The zero-order valence-corrected chi connectivity index (χ0v) is 18.2. The molecule has 2 N–H and O–H groups in total. The average molecular weight is 459 g/mol. The van der Waals surface area contributed by atoms with Crippen LogP contribution in [0.25, 0.3) is 27.7 Å². The van der Waals surface area contributed by atoms with Gasteiger partial charge in [0.2, 0.25) is 6.41 Å². The van der Waals surface area contributed by atoms with Gasteiger partial charge in [0.05, 0.1) is 11.7 Å². The van der Waals surface area contributed by atoms with Crippen LogP contribution >= 0.6 is 0 Å². The molecule has 0 aliphatic carbocycles. The lowest BCUT2D eigenvalue weighted by molar-refractivity contribution is -0.119. The van der Waals surface area contributed by atoms with Gasteiger partial charge in [-0.25, -0.2) is 9.37 Å². The lowest BCUT2D eigenvalue weighted by Crippen LogP contribution is -2.36. The highest BCUT2D eigenvalue weighted by atomic mass is 19.1. The van der Waals surface area contributed by atoms with Crippen molar-refractivity contribution < 1.29 is 9.18 Å². The summed E-state index contributed by atoms with van der Waals surface area (Å²) in [7, 11) is 0. The molecule has 0 spiro atoms. The number of fused-ring (bicyclic) bond motifs is 2. The number of likely N-dealkylation sites (tertiary alicyclic amines) is 1. The summed E-state index contributed by atoms with van der Waals surface area (Å²) in [5.41, 5.74) is 8.39. The van der Waals surface area contributed by atoms with Gasteiger partial charge in [-0.2, -0.15) is 9.61 Å². The third kappa shape index (κ3) is 4.05. The van der Waals surface area contributed by atoms with Crippen LogP contribution in [0.15, 0.2) is 66.0 Å². The first-order valence-corrected chi connectivity index (χ1v) is 10.9. The Morgan fingerprint density at radius 3 is 2.68 bits per heavy atom. The Hall–Kier alpha value is -4.34. The normalized spacial score (nSPS) is 14.3. The van der Waals surface area contributed by atoms with E-state index in [2.05, 4.69) is 15.1 Å². The number of nitrogen functional groups attached to an aromatic ring is 1. The van der Waals surface area contributed by atoms with E-state index in [4.69, 9.17) is 5.73 Å². The summed E-state index contributed by atoms with van der Waals surface area (Å²) in [6, 6.07) is 10.7. The molecule has 4 aromatic rings. The number of carbonyl (C=O) groups excluding carboxylic acids is 1. The van der Waals surface area contributed by atoms with Crippen LogP contribution in [0.4, 0.5) is 10.2 Å². The summed E-state index contributed by atoms with van der Waals surface area (Å²) in [5.74, 6) is -0.0636. The van der Waals surface area contributed by atoms with Crippen molar-refractivity contribution >= 4 is 28.8 Å². The monoisotopic (exact) mass is 459 g/mol. The molecule has 9 nitrogen and oxygen atoms in total. The lowest BCUT2D eigenvalue weighted by Gasteiger charge is -2.29. The number of hydrogen-bond donors (Lipinski definition) is 1. The second-order valence-corrected chi connectivity index (χ2v) is 8.17. The number of rotatable bonds is 3. The van der Waals surface area contributed by atoms with Crippen LogP contribution in [0.2, 0.25) is 0 Å². The molecule has 0 atom stereocenters. The molecule has 1 aliphatic heterocycles. The highest BCUT2D eigenvalue weighted by Gasteiger charge is 2.20. The van der Waals surface area contributed by atoms with Gasteiger partial charge in [0.1, 0.15) is 18.0 Å². The molecule has 0 bridgehead atoms. The van der Waals surface area contributed by atoms with Gasteiger partial charge in [-0.1, -0.05) is 6.07 Å². The summed E-state index contributed by atoms with van der Waals surface area (Å²) in [4.78, 5) is 34.7. The fourth-order valence-electron chi connectivity index (χ4n) is 4.21. The van der Waals surface area contributed by atoms with Crippen LogP contribution in [-0.2, 0) is 4.79 Å². The molecule has 1 fully saturated rings. The molecule has 0 radical (unpaired) electrons. The van der Waals surface area contributed by atoms with E-state index in [1.54, 1.807) is 40.1 Å². The van der Waals surface area contributed by atoms with Crippen molar-refractivity contribution in [2.75, 3.05) is 18.8 Å². The van der Waals surface area contributed by atoms with Crippen molar-refractivity contribution in [3.05, 3.63) is 77.4 Å². The Balaban J connectivity index is 1.68. The van der Waals surface area contributed by atoms with E-state index in [9.17, 15) is 14.0 Å². The molecule has 1 aliphatic rings. The predicted molar refractivity (Wildman–Crippen MR) is 126 cm³/mol. The van der Waals surface area contributed by atoms with E-state index in [1.165, 1.54) is 29.0 Å². The molecule has 5 rings (SSSR count). The number of halogens is 1. The number of hydrogen-bond acceptors (Lipinski definition) is 6. The summed E-state index contributed by atoms with van der Waals surface area (Å²) in [5, 5.41) is 5.03. The van der Waals surface area contributed by atoms with E-state index >= 15 is 0 Å². The first-order valence-electron chi connectivity index (χ1n) is 10.9. The first-order chi connectivity index (χ1) is 16.5. The molecular weight excluding hydrogens is 437 g/mol. The highest BCUT2D eigenvalue weighted by molar-refractivity contribution is 5.86. The molecule has 0 saturated carbocycles. The summed E-state index contributed by atoms with van der Waals surface area (Å²) < 4.78 is 16.8. The standard InChI is InChI=1S/C24H22FN7O2/c25-18-4-5-21-16(11-18)10-17(12-27-21)20-13-29-32-22(26)2-1-3-23(34)31(14-28-24(20)32)19-6-8-30(15-33)9-7-19/h1-5,10-15,19H,6-9,26H2. The van der Waals surface area contributed by atoms with Crippen molar-refractivity contribution in [3.8, 4) is 11.1 Å². The summed E-state index contributed by atoms with van der Waals surface area (Å²) >= 11 is 0. The number of benzene rings is 1. The van der Waals surface area contributed by atoms with Crippen molar-refractivity contribution in [2.45, 2.75) is 18.9 Å². The molecule has 1 saturated heterocycles. The molecule has 1 aromatic carbocycles. The Morgan fingerprint density at radius 2 is 1.88 bits per heavy atom. The number of amides is 1. The van der Waals surface area contributed by atoms with E-state index in [1.807, 2.05) is 6.07 Å². The van der Waals surface area contributed by atoms with Gasteiger partial charge in [-0.15, -0.1) is 0 Å². The van der Waals surface area contributed by atoms with Crippen molar-refractivity contribution in [1.29, 1.82) is 0 Å². The van der Waals surface area contributed by atoms with Crippen LogP contribution in [0.1, 0.15) is 18.9 Å². The number of anilines is 1. The highest BCUT2D eigenvalue weighted by Crippen LogP contribution is 2.26. The molecule has 1 amide bonds.